The molecule has 0 atom stereocenters. The summed E-state index contributed by atoms with van der Waals surface area (Å²) in [6.45, 7) is 7.14. The Hall–Kier alpha value is -1.36. The summed E-state index contributed by atoms with van der Waals surface area (Å²) in [6, 6.07) is 1.87. The van der Waals surface area contributed by atoms with E-state index in [2.05, 4.69) is 41.4 Å². The highest BCUT2D eigenvalue weighted by Crippen LogP contribution is 2.21. The Morgan fingerprint density at radius 3 is 2.41 bits per heavy atom. The first-order valence-electron chi connectivity index (χ1n) is 5.89. The van der Waals surface area contributed by atoms with Gasteiger partial charge in [-0.15, -0.1) is 0 Å². The molecule has 1 rings (SSSR count). The first kappa shape index (κ1) is 13.7. The van der Waals surface area contributed by atoms with Crippen LogP contribution in [0.15, 0.2) is 6.07 Å². The number of nitrogens with zero attached hydrogens (tertiary/aromatic N) is 2. The van der Waals surface area contributed by atoms with Gasteiger partial charge in [-0.25, -0.2) is 9.97 Å². The fourth-order valence-electron chi connectivity index (χ4n) is 1.30. The maximum atomic E-state index is 8.74. The molecule has 1 heterocycles. The van der Waals surface area contributed by atoms with Crippen LogP contribution in [0.25, 0.3) is 0 Å². The predicted octanol–water partition coefficient (Wildman–Crippen LogP) is 1.61. The van der Waals surface area contributed by atoms with Crippen molar-refractivity contribution in [3.8, 4) is 0 Å². The van der Waals surface area contributed by atoms with Gasteiger partial charge in [-0.05, 0) is 6.42 Å². The number of hydrogen-bond acceptors (Lipinski definition) is 5. The molecule has 0 unspecified atom stereocenters. The van der Waals surface area contributed by atoms with Crippen molar-refractivity contribution in [1.29, 1.82) is 0 Å². The van der Waals surface area contributed by atoms with Crippen LogP contribution in [0, 0.1) is 0 Å². The van der Waals surface area contributed by atoms with Gasteiger partial charge in [0, 0.05) is 31.7 Å². The van der Waals surface area contributed by atoms with Crippen LogP contribution in [-0.2, 0) is 5.41 Å². The van der Waals surface area contributed by atoms with Crippen LogP contribution in [0.2, 0.25) is 0 Å². The van der Waals surface area contributed by atoms with E-state index in [4.69, 9.17) is 5.11 Å². The van der Waals surface area contributed by atoms with Gasteiger partial charge in [0.25, 0.3) is 0 Å². The van der Waals surface area contributed by atoms with Crippen LogP contribution < -0.4 is 10.6 Å². The Bertz CT molecular complexity index is 360. The zero-order valence-corrected chi connectivity index (χ0v) is 11.0. The topological polar surface area (TPSA) is 70.1 Å². The monoisotopic (exact) mass is 238 g/mol. The Morgan fingerprint density at radius 1 is 1.24 bits per heavy atom. The van der Waals surface area contributed by atoms with Gasteiger partial charge in [-0.1, -0.05) is 20.8 Å². The number of aromatic nitrogens is 2. The van der Waals surface area contributed by atoms with E-state index in [0.29, 0.717) is 13.0 Å². The van der Waals surface area contributed by atoms with Gasteiger partial charge in [-0.2, -0.15) is 0 Å². The lowest BCUT2D eigenvalue weighted by Gasteiger charge is -2.18. The SMILES string of the molecule is CNc1cc(NCCCO)nc(C(C)(C)C)n1. The molecule has 17 heavy (non-hydrogen) atoms. The maximum Gasteiger partial charge on any atom is 0.138 e. The van der Waals surface area contributed by atoms with Gasteiger partial charge < -0.3 is 15.7 Å². The smallest absolute Gasteiger partial charge is 0.138 e. The van der Waals surface area contributed by atoms with E-state index in [1.807, 2.05) is 13.1 Å². The van der Waals surface area contributed by atoms with Crippen LogP contribution in [-0.4, -0.2) is 35.3 Å². The highest BCUT2D eigenvalue weighted by Gasteiger charge is 2.18. The maximum absolute atomic E-state index is 8.74. The van der Waals surface area contributed by atoms with E-state index in [9.17, 15) is 0 Å². The van der Waals surface area contributed by atoms with Crippen molar-refractivity contribution >= 4 is 11.6 Å². The van der Waals surface area contributed by atoms with Crippen LogP contribution in [0.3, 0.4) is 0 Å². The zero-order chi connectivity index (χ0) is 12.9. The Balaban J connectivity index is 2.89. The molecule has 3 N–H and O–H groups in total. The average Bonchev–Trinajstić information content (AvgIpc) is 2.28. The van der Waals surface area contributed by atoms with E-state index in [-0.39, 0.29) is 12.0 Å². The van der Waals surface area contributed by atoms with Crippen LogP contribution >= 0.6 is 0 Å². The van der Waals surface area contributed by atoms with E-state index >= 15 is 0 Å². The summed E-state index contributed by atoms with van der Waals surface area (Å²) in [6.07, 6.45) is 0.712. The van der Waals surface area contributed by atoms with Gasteiger partial charge in [0.15, 0.2) is 0 Å². The molecule has 0 bridgehead atoms. The number of aliphatic hydroxyl groups is 1. The zero-order valence-electron chi connectivity index (χ0n) is 11.0. The molecule has 1 aromatic rings. The summed E-state index contributed by atoms with van der Waals surface area (Å²) in [7, 11) is 1.84. The molecule has 0 aliphatic rings. The van der Waals surface area contributed by atoms with Crippen LogP contribution in [0.1, 0.15) is 33.0 Å². The second-order valence-corrected chi connectivity index (χ2v) is 4.97. The van der Waals surface area contributed by atoms with Gasteiger partial charge in [0.1, 0.15) is 17.5 Å². The largest absolute Gasteiger partial charge is 0.396 e. The third-order valence-corrected chi connectivity index (χ3v) is 2.29. The van der Waals surface area contributed by atoms with Crippen molar-refractivity contribution in [2.75, 3.05) is 30.8 Å². The number of anilines is 2. The fraction of sp³-hybridized carbons (Fsp3) is 0.667. The van der Waals surface area contributed by atoms with Gasteiger partial charge in [0.2, 0.25) is 0 Å². The molecule has 0 amide bonds. The lowest BCUT2D eigenvalue weighted by atomic mass is 9.96. The minimum Gasteiger partial charge on any atom is -0.396 e. The minimum atomic E-state index is -0.0831. The summed E-state index contributed by atoms with van der Waals surface area (Å²) in [4.78, 5) is 8.92. The second kappa shape index (κ2) is 5.82. The quantitative estimate of drug-likeness (QED) is 0.680. The second-order valence-electron chi connectivity index (χ2n) is 4.97. The molecule has 0 saturated heterocycles. The summed E-state index contributed by atoms with van der Waals surface area (Å²) in [5, 5.41) is 15.0. The normalized spacial score (nSPS) is 11.4. The lowest BCUT2D eigenvalue weighted by Crippen LogP contribution is -2.18. The van der Waals surface area contributed by atoms with Crippen LogP contribution in [0.5, 0.6) is 0 Å². The molecule has 0 aliphatic carbocycles. The predicted molar refractivity (Wildman–Crippen MR) is 70.5 cm³/mol. The van der Waals surface area contributed by atoms with Crippen molar-refractivity contribution in [2.24, 2.45) is 0 Å². The fourth-order valence-corrected chi connectivity index (χ4v) is 1.30. The number of aliphatic hydroxyl groups excluding tert-OH is 1. The Kier molecular flexibility index (Phi) is 4.69. The molecule has 0 radical (unpaired) electrons. The third kappa shape index (κ3) is 4.19. The Labute approximate surface area is 103 Å². The van der Waals surface area contributed by atoms with E-state index in [0.717, 1.165) is 17.5 Å². The number of hydrogen-bond donors (Lipinski definition) is 3. The van der Waals surface area contributed by atoms with Crippen molar-refractivity contribution in [3.63, 3.8) is 0 Å². The van der Waals surface area contributed by atoms with E-state index < -0.39 is 0 Å². The molecule has 1 aromatic heterocycles. The number of nitrogens with one attached hydrogen (secondary N) is 2. The minimum absolute atomic E-state index is 0.0831. The summed E-state index contributed by atoms with van der Waals surface area (Å²) in [5.41, 5.74) is -0.0831. The molecule has 5 heteroatoms. The highest BCUT2D eigenvalue weighted by atomic mass is 16.3. The molecule has 0 spiro atoms. The van der Waals surface area contributed by atoms with Crippen molar-refractivity contribution in [3.05, 3.63) is 11.9 Å². The number of rotatable bonds is 5. The molecular weight excluding hydrogens is 216 g/mol. The first-order valence-corrected chi connectivity index (χ1v) is 5.89. The molecule has 0 aromatic carbocycles. The Morgan fingerprint density at radius 2 is 1.88 bits per heavy atom. The third-order valence-electron chi connectivity index (χ3n) is 2.29. The van der Waals surface area contributed by atoms with Crippen molar-refractivity contribution < 1.29 is 5.11 Å². The molecule has 0 saturated carbocycles. The molecular formula is C12H22N4O. The van der Waals surface area contributed by atoms with Crippen LogP contribution in [0.4, 0.5) is 11.6 Å². The van der Waals surface area contributed by atoms with E-state index in [1.54, 1.807) is 0 Å². The molecule has 0 fully saturated rings. The molecule has 0 aliphatic heterocycles. The summed E-state index contributed by atoms with van der Waals surface area (Å²) in [5.74, 6) is 2.40. The molecule has 5 nitrogen and oxygen atoms in total. The first-order chi connectivity index (χ1) is 7.97. The lowest BCUT2D eigenvalue weighted by molar-refractivity contribution is 0.292. The average molecular weight is 238 g/mol. The molecule has 96 valence electrons. The summed E-state index contributed by atoms with van der Waals surface area (Å²) >= 11 is 0. The van der Waals surface area contributed by atoms with Gasteiger partial charge in [-0.3, -0.25) is 0 Å². The van der Waals surface area contributed by atoms with Crippen molar-refractivity contribution in [1.82, 2.24) is 9.97 Å². The highest BCUT2D eigenvalue weighted by molar-refractivity contribution is 5.47. The van der Waals surface area contributed by atoms with Gasteiger partial charge in [0.05, 0.1) is 0 Å². The van der Waals surface area contributed by atoms with Crippen molar-refractivity contribution in [2.45, 2.75) is 32.6 Å². The standard InChI is InChI=1S/C12H22N4O/c1-12(2,3)11-15-9(13-4)8-10(16-11)14-6-5-7-17/h8,17H,5-7H2,1-4H3,(H2,13,14,15,16). The van der Waals surface area contributed by atoms with Gasteiger partial charge >= 0.3 is 0 Å². The van der Waals surface area contributed by atoms with E-state index in [1.165, 1.54) is 0 Å². The summed E-state index contributed by atoms with van der Waals surface area (Å²) < 4.78 is 0.